The molecule has 1 fully saturated rings. The summed E-state index contributed by atoms with van der Waals surface area (Å²) in [6.45, 7) is 5.91. The highest BCUT2D eigenvalue weighted by molar-refractivity contribution is 6.30. The van der Waals surface area contributed by atoms with Crippen LogP contribution in [0.25, 0.3) is 0 Å². The lowest BCUT2D eigenvalue weighted by atomic mass is 9.95. The summed E-state index contributed by atoms with van der Waals surface area (Å²) in [5, 5.41) is 3.37. The second-order valence-corrected chi connectivity index (χ2v) is 8.71. The van der Waals surface area contributed by atoms with E-state index in [0.29, 0.717) is 36.8 Å². The minimum absolute atomic E-state index is 0.0376. The van der Waals surface area contributed by atoms with Gasteiger partial charge in [0.2, 0.25) is 5.91 Å². The summed E-state index contributed by atoms with van der Waals surface area (Å²) in [5.74, 6) is 0.328. The fraction of sp³-hybridized carbons (Fsp3) is 0.320. The number of hydrogen-bond donors (Lipinski definition) is 1. The maximum Gasteiger partial charge on any atom is 0.255 e. The number of nitrogens with zero attached hydrogens (tertiary/aromatic N) is 3. The molecule has 4 rings (SSSR count). The third kappa shape index (κ3) is 4.86. The number of piperidine rings is 1. The van der Waals surface area contributed by atoms with E-state index in [1.165, 1.54) is 11.8 Å². The number of hydrogen-bond acceptors (Lipinski definition) is 3. The molecule has 2 aromatic heterocycles. The Kier molecular flexibility index (Phi) is 6.61. The first-order chi connectivity index (χ1) is 15.4. The SMILES string of the molecule is Cc1cc(C(=O)N2CCC(C(=O)Nc3ccc(Cl)cn3)CC2)c(C)n1Cc1ccccc1. The number of nitrogens with one attached hydrogen (secondary N) is 1. The number of anilines is 1. The fourth-order valence-electron chi connectivity index (χ4n) is 4.22. The lowest BCUT2D eigenvalue weighted by molar-refractivity contribution is -0.121. The van der Waals surface area contributed by atoms with Crippen LogP contribution in [0, 0.1) is 19.8 Å². The van der Waals surface area contributed by atoms with E-state index in [9.17, 15) is 9.59 Å². The highest BCUT2D eigenvalue weighted by Crippen LogP contribution is 2.24. The molecule has 0 unspecified atom stereocenters. The molecule has 3 aromatic rings. The summed E-state index contributed by atoms with van der Waals surface area (Å²) in [4.78, 5) is 31.8. The Labute approximate surface area is 193 Å². The van der Waals surface area contributed by atoms with Crippen LogP contribution in [0.15, 0.2) is 54.7 Å². The molecule has 0 aliphatic carbocycles. The summed E-state index contributed by atoms with van der Waals surface area (Å²) < 4.78 is 2.18. The summed E-state index contributed by atoms with van der Waals surface area (Å²) >= 11 is 5.84. The van der Waals surface area contributed by atoms with E-state index in [0.717, 1.165) is 23.5 Å². The molecule has 1 aliphatic rings. The Morgan fingerprint density at radius 3 is 2.47 bits per heavy atom. The second-order valence-electron chi connectivity index (χ2n) is 8.27. The van der Waals surface area contributed by atoms with Crippen LogP contribution in [-0.4, -0.2) is 39.4 Å². The van der Waals surface area contributed by atoms with Crippen LogP contribution >= 0.6 is 11.6 Å². The molecule has 1 aliphatic heterocycles. The standard InChI is InChI=1S/C25H27ClN4O2/c1-17-14-22(18(2)30(17)16-19-6-4-3-5-7-19)25(32)29-12-10-20(11-13-29)24(31)28-23-9-8-21(26)15-27-23/h3-9,14-15,20H,10-13,16H2,1-2H3,(H,27,28,31). The third-order valence-corrected chi connectivity index (χ3v) is 6.34. The molecular formula is C25H27ClN4O2. The zero-order valence-corrected chi connectivity index (χ0v) is 19.1. The largest absolute Gasteiger partial charge is 0.344 e. The van der Waals surface area contributed by atoms with Gasteiger partial charge in [-0.1, -0.05) is 41.9 Å². The maximum atomic E-state index is 13.2. The van der Waals surface area contributed by atoms with Crippen LogP contribution < -0.4 is 5.32 Å². The molecule has 6 nitrogen and oxygen atoms in total. The van der Waals surface area contributed by atoms with Crippen LogP contribution in [0.3, 0.4) is 0 Å². The maximum absolute atomic E-state index is 13.2. The van der Waals surface area contributed by atoms with Crippen molar-refractivity contribution >= 4 is 29.2 Å². The average molecular weight is 451 g/mol. The molecule has 0 bridgehead atoms. The summed E-state index contributed by atoms with van der Waals surface area (Å²) in [7, 11) is 0. The molecule has 7 heteroatoms. The van der Waals surface area contributed by atoms with Crippen molar-refractivity contribution < 1.29 is 9.59 Å². The Balaban J connectivity index is 1.37. The number of benzene rings is 1. The van der Waals surface area contributed by atoms with Crippen molar-refractivity contribution in [2.75, 3.05) is 18.4 Å². The van der Waals surface area contributed by atoms with Gasteiger partial charge in [-0.05, 0) is 50.5 Å². The molecule has 2 amide bonds. The van der Waals surface area contributed by atoms with Gasteiger partial charge < -0.3 is 14.8 Å². The Morgan fingerprint density at radius 1 is 1.09 bits per heavy atom. The predicted molar refractivity (Wildman–Crippen MR) is 126 cm³/mol. The summed E-state index contributed by atoms with van der Waals surface area (Å²) in [5.41, 5.74) is 3.99. The molecule has 0 atom stereocenters. The number of halogens is 1. The fourth-order valence-corrected chi connectivity index (χ4v) is 4.33. The van der Waals surface area contributed by atoms with Crippen LogP contribution in [0.1, 0.15) is 40.2 Å². The second kappa shape index (κ2) is 9.57. The predicted octanol–water partition coefficient (Wildman–Crippen LogP) is 4.69. The first-order valence-corrected chi connectivity index (χ1v) is 11.2. The van der Waals surface area contributed by atoms with Gasteiger partial charge in [-0.3, -0.25) is 9.59 Å². The zero-order valence-electron chi connectivity index (χ0n) is 18.3. The van der Waals surface area contributed by atoms with Crippen molar-refractivity contribution in [1.29, 1.82) is 0 Å². The monoisotopic (exact) mass is 450 g/mol. The van der Waals surface area contributed by atoms with Crippen molar-refractivity contribution in [2.45, 2.75) is 33.2 Å². The molecule has 1 N–H and O–H groups in total. The summed E-state index contributed by atoms with van der Waals surface area (Å²) in [6.07, 6.45) is 2.77. The molecule has 0 radical (unpaired) electrons. The number of rotatable bonds is 5. The number of aryl methyl sites for hydroxylation is 1. The van der Waals surface area contributed by atoms with Crippen LogP contribution in [-0.2, 0) is 11.3 Å². The molecular weight excluding hydrogens is 424 g/mol. The van der Waals surface area contributed by atoms with E-state index in [1.54, 1.807) is 12.1 Å². The first kappa shape index (κ1) is 22.1. The normalized spacial score (nSPS) is 14.4. The van der Waals surface area contributed by atoms with Crippen molar-refractivity contribution in [3.63, 3.8) is 0 Å². The number of likely N-dealkylation sites (tertiary alicyclic amines) is 1. The highest BCUT2D eigenvalue weighted by atomic mass is 35.5. The van der Waals surface area contributed by atoms with E-state index in [-0.39, 0.29) is 17.7 Å². The molecule has 0 spiro atoms. The molecule has 1 aromatic carbocycles. The van der Waals surface area contributed by atoms with Crippen LogP contribution in [0.4, 0.5) is 5.82 Å². The number of carbonyl (C=O) groups excluding carboxylic acids is 2. The van der Waals surface area contributed by atoms with Gasteiger partial charge in [-0.15, -0.1) is 0 Å². The lowest BCUT2D eigenvalue weighted by Gasteiger charge is -2.31. The highest BCUT2D eigenvalue weighted by Gasteiger charge is 2.29. The van der Waals surface area contributed by atoms with Gasteiger partial charge in [0.1, 0.15) is 5.82 Å². The zero-order chi connectivity index (χ0) is 22.7. The Morgan fingerprint density at radius 2 is 1.81 bits per heavy atom. The van der Waals surface area contributed by atoms with E-state index in [1.807, 2.05) is 43.0 Å². The van der Waals surface area contributed by atoms with Crippen LogP contribution in [0.5, 0.6) is 0 Å². The number of amides is 2. The van der Waals surface area contributed by atoms with Crippen LogP contribution in [0.2, 0.25) is 5.02 Å². The average Bonchev–Trinajstić information content (AvgIpc) is 3.09. The number of pyridine rings is 1. The molecule has 3 heterocycles. The Hall–Kier alpha value is -3.12. The van der Waals surface area contributed by atoms with Crippen molar-refractivity contribution in [1.82, 2.24) is 14.5 Å². The quantitative estimate of drug-likeness (QED) is 0.613. The first-order valence-electron chi connectivity index (χ1n) is 10.8. The Bertz CT molecular complexity index is 1100. The van der Waals surface area contributed by atoms with Gasteiger partial charge in [-0.25, -0.2) is 4.98 Å². The van der Waals surface area contributed by atoms with Gasteiger partial charge >= 0.3 is 0 Å². The van der Waals surface area contributed by atoms with E-state index >= 15 is 0 Å². The van der Waals surface area contributed by atoms with E-state index < -0.39 is 0 Å². The van der Waals surface area contributed by atoms with Crippen molar-refractivity contribution in [3.8, 4) is 0 Å². The van der Waals surface area contributed by atoms with E-state index in [4.69, 9.17) is 11.6 Å². The smallest absolute Gasteiger partial charge is 0.255 e. The number of carbonyl (C=O) groups is 2. The lowest BCUT2D eigenvalue weighted by Crippen LogP contribution is -2.41. The molecule has 166 valence electrons. The van der Waals surface area contributed by atoms with E-state index in [2.05, 4.69) is 27.0 Å². The minimum atomic E-state index is -0.137. The molecule has 1 saturated heterocycles. The van der Waals surface area contributed by atoms with Gasteiger partial charge in [-0.2, -0.15) is 0 Å². The molecule has 0 saturated carbocycles. The van der Waals surface area contributed by atoms with Gasteiger partial charge in [0.25, 0.3) is 5.91 Å². The number of aromatic nitrogens is 2. The van der Waals surface area contributed by atoms with Crippen molar-refractivity contribution in [2.24, 2.45) is 5.92 Å². The molecule has 32 heavy (non-hydrogen) atoms. The van der Waals surface area contributed by atoms with Gasteiger partial charge in [0, 0.05) is 43.1 Å². The van der Waals surface area contributed by atoms with Gasteiger partial charge in [0.15, 0.2) is 0 Å². The minimum Gasteiger partial charge on any atom is -0.344 e. The topological polar surface area (TPSA) is 67.2 Å². The summed E-state index contributed by atoms with van der Waals surface area (Å²) in [6, 6.07) is 15.6. The van der Waals surface area contributed by atoms with Gasteiger partial charge in [0.05, 0.1) is 10.6 Å². The van der Waals surface area contributed by atoms with Crippen molar-refractivity contribution in [3.05, 3.63) is 82.3 Å². The third-order valence-electron chi connectivity index (χ3n) is 6.12.